The van der Waals surface area contributed by atoms with Crippen molar-refractivity contribution >= 4 is 30.1 Å². The maximum atomic E-state index is 13.4. The number of hydrogen-bond donors (Lipinski definition) is 2. The number of fused-ring (bicyclic) bond motifs is 1. The maximum absolute atomic E-state index is 13.4. The number of aromatic nitrogens is 2. The van der Waals surface area contributed by atoms with Crippen LogP contribution in [0.2, 0.25) is 0 Å². The van der Waals surface area contributed by atoms with Crippen LogP contribution in [0.1, 0.15) is 57.6 Å². The molecule has 0 unspecified atom stereocenters. The van der Waals surface area contributed by atoms with E-state index in [-0.39, 0.29) is 30.2 Å². The van der Waals surface area contributed by atoms with E-state index in [1.54, 1.807) is 37.2 Å². The fourth-order valence-corrected chi connectivity index (χ4v) is 3.59. The van der Waals surface area contributed by atoms with Gasteiger partial charge in [-0.15, -0.1) is 0 Å². The average Bonchev–Trinajstić information content (AvgIpc) is 3.49. The maximum Gasteiger partial charge on any atom is 0.407 e. The second kappa shape index (κ2) is 9.08. The average molecular weight is 466 g/mol. The van der Waals surface area contributed by atoms with Gasteiger partial charge in [-0.05, 0) is 31.0 Å². The van der Waals surface area contributed by atoms with E-state index in [1.165, 1.54) is 18.3 Å². The molecule has 0 radical (unpaired) electrons. The van der Waals surface area contributed by atoms with E-state index >= 15 is 0 Å². The Hall–Kier alpha value is -4.02. The van der Waals surface area contributed by atoms with Crippen molar-refractivity contribution in [3.63, 3.8) is 0 Å². The number of anilines is 1. The predicted molar refractivity (Wildman–Crippen MR) is 124 cm³/mol. The van der Waals surface area contributed by atoms with Crippen LogP contribution in [0.15, 0.2) is 29.4 Å². The minimum Gasteiger partial charge on any atom is -0.443 e. The molecule has 0 spiro atoms. The third-order valence-corrected chi connectivity index (χ3v) is 5.86. The van der Waals surface area contributed by atoms with Gasteiger partial charge in [0.25, 0.3) is 11.8 Å². The monoisotopic (exact) mass is 465 g/mol. The van der Waals surface area contributed by atoms with Crippen LogP contribution >= 0.6 is 0 Å². The smallest absolute Gasteiger partial charge is 0.407 e. The topological polar surface area (TPSA) is 129 Å². The van der Waals surface area contributed by atoms with Gasteiger partial charge >= 0.3 is 6.09 Å². The van der Waals surface area contributed by atoms with Crippen molar-refractivity contribution in [2.24, 2.45) is 5.10 Å². The van der Waals surface area contributed by atoms with E-state index in [2.05, 4.69) is 27.8 Å². The van der Waals surface area contributed by atoms with E-state index in [1.807, 2.05) is 6.07 Å². The zero-order chi connectivity index (χ0) is 24.5. The van der Waals surface area contributed by atoms with Crippen molar-refractivity contribution < 1.29 is 19.1 Å². The van der Waals surface area contributed by atoms with Gasteiger partial charge < -0.3 is 15.0 Å². The highest BCUT2D eigenvalue weighted by atomic mass is 16.5. The Morgan fingerprint density at radius 1 is 1.29 bits per heavy atom. The number of pyridine rings is 2. The van der Waals surface area contributed by atoms with Gasteiger partial charge in [-0.2, -0.15) is 5.10 Å². The number of carbonyl (C=O) groups excluding carboxylic acids is 3. The lowest BCUT2D eigenvalue weighted by molar-refractivity contribution is 0.0946. The van der Waals surface area contributed by atoms with Crippen LogP contribution in [-0.2, 0) is 23.3 Å². The highest BCUT2D eigenvalue weighted by Gasteiger charge is 2.43. The summed E-state index contributed by atoms with van der Waals surface area (Å²) in [6.45, 7) is 2.26. The zero-order valence-electron chi connectivity index (χ0n) is 19.6. The lowest BCUT2D eigenvalue weighted by Gasteiger charge is -2.15. The lowest BCUT2D eigenvalue weighted by atomic mass is 9.99. The molecule has 0 aromatic carbocycles. The van der Waals surface area contributed by atoms with Gasteiger partial charge in [0, 0.05) is 43.4 Å². The van der Waals surface area contributed by atoms with Crippen LogP contribution in [0, 0.1) is 0 Å². The van der Waals surface area contributed by atoms with Crippen LogP contribution < -0.4 is 15.6 Å². The number of nitrogens with zero attached hydrogens (tertiary/aromatic N) is 5. The largest absolute Gasteiger partial charge is 0.443 e. The second-order valence-corrected chi connectivity index (χ2v) is 8.79. The molecule has 2 aromatic heterocycles. The first-order chi connectivity index (χ1) is 16.2. The number of nitrogens with one attached hydrogen (secondary N) is 2. The first-order valence-corrected chi connectivity index (χ1v) is 10.9. The molecule has 1 aliphatic carbocycles. The summed E-state index contributed by atoms with van der Waals surface area (Å²) in [5, 5.41) is 6.25. The van der Waals surface area contributed by atoms with Gasteiger partial charge in [0.2, 0.25) is 0 Å². The van der Waals surface area contributed by atoms with E-state index in [4.69, 9.17) is 9.72 Å². The van der Waals surface area contributed by atoms with E-state index in [0.717, 1.165) is 18.5 Å². The van der Waals surface area contributed by atoms with Gasteiger partial charge in [-0.1, -0.05) is 13.0 Å². The summed E-state index contributed by atoms with van der Waals surface area (Å²) in [6.07, 6.45) is 2.86. The van der Waals surface area contributed by atoms with Crippen molar-refractivity contribution in [1.82, 2.24) is 25.6 Å². The molecule has 0 atom stereocenters. The van der Waals surface area contributed by atoms with Gasteiger partial charge in [0.15, 0.2) is 0 Å². The van der Waals surface area contributed by atoms with Crippen molar-refractivity contribution in [2.75, 3.05) is 26.0 Å². The third-order valence-electron chi connectivity index (χ3n) is 5.86. The van der Waals surface area contributed by atoms with Crippen molar-refractivity contribution in [3.05, 3.63) is 52.5 Å². The Morgan fingerprint density at radius 3 is 2.74 bits per heavy atom. The lowest BCUT2D eigenvalue weighted by Crippen LogP contribution is -2.26. The summed E-state index contributed by atoms with van der Waals surface area (Å²) < 4.78 is 5.24. The standard InChI is InChI=1S/C23H27N7O4/c1-23(8-9-23)18-10-14-15(17(26-18)12-34-22(33)24-2)11-30(21(14)32)19-7-5-6-16(27-19)20(31)28-25-13-29(3)4/h5-7,10,13H,8-9,11-12H2,1-4H3,(H,24,33)(H,28,31)/b25-13+. The van der Waals surface area contributed by atoms with Gasteiger partial charge in [-0.25, -0.2) is 15.2 Å². The van der Waals surface area contributed by atoms with E-state index in [0.29, 0.717) is 22.6 Å². The predicted octanol–water partition coefficient (Wildman–Crippen LogP) is 1.78. The Kier molecular flexibility index (Phi) is 6.18. The number of alkyl carbamates (subject to hydrolysis) is 1. The highest BCUT2D eigenvalue weighted by molar-refractivity contribution is 6.10. The molecule has 4 rings (SSSR count). The third kappa shape index (κ3) is 4.68. The van der Waals surface area contributed by atoms with Crippen molar-refractivity contribution in [3.8, 4) is 0 Å². The van der Waals surface area contributed by atoms with Crippen molar-refractivity contribution in [1.29, 1.82) is 0 Å². The number of hydrazone groups is 1. The Labute approximate surface area is 197 Å². The summed E-state index contributed by atoms with van der Waals surface area (Å²) >= 11 is 0. The van der Waals surface area contributed by atoms with Crippen molar-refractivity contribution in [2.45, 2.75) is 38.3 Å². The number of rotatable bonds is 7. The molecule has 34 heavy (non-hydrogen) atoms. The molecule has 1 fully saturated rings. The summed E-state index contributed by atoms with van der Waals surface area (Å²) in [6, 6.07) is 6.71. The van der Waals surface area contributed by atoms with E-state index in [9.17, 15) is 14.4 Å². The normalized spacial score (nSPS) is 15.8. The number of carbonyl (C=O) groups is 3. The Morgan fingerprint density at radius 2 is 2.06 bits per heavy atom. The van der Waals surface area contributed by atoms with Crippen LogP contribution in [-0.4, -0.2) is 60.3 Å². The fraction of sp³-hybridized carbons (Fsp3) is 0.391. The molecule has 178 valence electrons. The molecule has 2 N–H and O–H groups in total. The Balaban J connectivity index is 1.62. The highest BCUT2D eigenvalue weighted by Crippen LogP contribution is 2.47. The number of hydrogen-bond acceptors (Lipinski definition) is 7. The van der Waals surface area contributed by atoms with Gasteiger partial charge in [-0.3, -0.25) is 19.5 Å². The molecule has 1 aliphatic heterocycles. The number of ether oxygens (including phenoxy) is 1. The molecule has 2 aliphatic rings. The zero-order valence-corrected chi connectivity index (χ0v) is 19.6. The number of amides is 3. The van der Waals surface area contributed by atoms with Crippen LogP contribution in [0.5, 0.6) is 0 Å². The Bertz CT molecular complexity index is 1170. The molecule has 1 saturated carbocycles. The minimum atomic E-state index is -0.572. The molecular weight excluding hydrogens is 438 g/mol. The summed E-state index contributed by atoms with van der Waals surface area (Å²) in [5.41, 5.74) is 5.03. The van der Waals surface area contributed by atoms with Crippen LogP contribution in [0.4, 0.5) is 10.6 Å². The van der Waals surface area contributed by atoms with Gasteiger partial charge in [0.05, 0.1) is 12.2 Å². The molecule has 0 bridgehead atoms. The van der Waals surface area contributed by atoms with E-state index < -0.39 is 12.0 Å². The molecular formula is C23H27N7O4. The molecule has 11 nitrogen and oxygen atoms in total. The quantitative estimate of drug-likeness (QED) is 0.362. The van der Waals surface area contributed by atoms with Crippen LogP contribution in [0.3, 0.4) is 0 Å². The first kappa shape index (κ1) is 23.1. The molecule has 11 heteroatoms. The molecule has 2 aromatic rings. The SMILES string of the molecule is CNC(=O)OCc1nc(C2(C)CC2)cc2c1CN(c1cccc(C(=O)N/N=C/N(C)C)n1)C2=O. The van der Waals surface area contributed by atoms with Crippen LogP contribution in [0.25, 0.3) is 0 Å². The summed E-state index contributed by atoms with van der Waals surface area (Å²) in [4.78, 5) is 49.7. The first-order valence-electron chi connectivity index (χ1n) is 10.9. The fourth-order valence-electron chi connectivity index (χ4n) is 3.59. The van der Waals surface area contributed by atoms with Gasteiger partial charge in [0.1, 0.15) is 24.5 Å². The summed E-state index contributed by atoms with van der Waals surface area (Å²) in [7, 11) is 5.04. The summed E-state index contributed by atoms with van der Waals surface area (Å²) in [5.74, 6) is -0.392. The second-order valence-electron chi connectivity index (χ2n) is 8.79. The molecule has 3 amide bonds. The molecule has 0 saturated heterocycles. The minimum absolute atomic E-state index is 0.0488. The molecule has 3 heterocycles.